The van der Waals surface area contributed by atoms with E-state index in [0.29, 0.717) is 44.1 Å². The third kappa shape index (κ3) is 6.88. The summed E-state index contributed by atoms with van der Waals surface area (Å²) in [5.74, 6) is 1.23. The van der Waals surface area contributed by atoms with Crippen LogP contribution in [0.2, 0.25) is 5.02 Å². The average molecular weight is 436 g/mol. The number of aryl methyl sites for hydroxylation is 1. The van der Waals surface area contributed by atoms with Crippen molar-refractivity contribution in [2.75, 3.05) is 52.4 Å². The maximum Gasteiger partial charge on any atom is 0.236 e. The molecule has 2 fully saturated rings. The van der Waals surface area contributed by atoms with Gasteiger partial charge in [0.1, 0.15) is 5.75 Å². The predicted octanol–water partition coefficient (Wildman–Crippen LogP) is 3.35. The molecule has 166 valence electrons. The quantitative estimate of drug-likeness (QED) is 0.616. The van der Waals surface area contributed by atoms with E-state index >= 15 is 0 Å². The molecule has 6 nitrogen and oxygen atoms in total. The Balaban J connectivity index is 1.32. The molecule has 1 aromatic rings. The summed E-state index contributed by atoms with van der Waals surface area (Å²) in [6.45, 7) is 7.69. The molecule has 2 heterocycles. The van der Waals surface area contributed by atoms with Crippen molar-refractivity contribution >= 4 is 23.4 Å². The van der Waals surface area contributed by atoms with Crippen LogP contribution >= 0.6 is 11.6 Å². The van der Waals surface area contributed by atoms with Gasteiger partial charge >= 0.3 is 0 Å². The van der Waals surface area contributed by atoms with E-state index in [4.69, 9.17) is 16.3 Å². The van der Waals surface area contributed by atoms with Crippen molar-refractivity contribution in [3.8, 4) is 5.75 Å². The fraction of sp³-hybridized carbons (Fsp3) is 0.652. The van der Waals surface area contributed by atoms with Gasteiger partial charge in [0.2, 0.25) is 11.8 Å². The lowest BCUT2D eigenvalue weighted by atomic mass is 10.2. The second kappa shape index (κ2) is 11.6. The molecule has 0 aliphatic carbocycles. The van der Waals surface area contributed by atoms with Crippen molar-refractivity contribution < 1.29 is 14.3 Å². The number of carbonyl (C=O) groups is 2. The first-order chi connectivity index (χ1) is 14.5. The van der Waals surface area contributed by atoms with Crippen molar-refractivity contribution in [2.45, 2.75) is 45.4 Å². The molecule has 0 aromatic heterocycles. The van der Waals surface area contributed by atoms with Crippen LogP contribution in [0.25, 0.3) is 0 Å². The van der Waals surface area contributed by atoms with Crippen LogP contribution in [0, 0.1) is 6.92 Å². The van der Waals surface area contributed by atoms with Gasteiger partial charge in [-0.15, -0.1) is 0 Å². The first-order valence-electron chi connectivity index (χ1n) is 11.2. The lowest BCUT2D eigenvalue weighted by molar-refractivity contribution is -0.135. The van der Waals surface area contributed by atoms with Gasteiger partial charge < -0.3 is 14.5 Å². The van der Waals surface area contributed by atoms with Crippen LogP contribution in [0.3, 0.4) is 0 Å². The van der Waals surface area contributed by atoms with Gasteiger partial charge in [0.25, 0.3) is 0 Å². The van der Waals surface area contributed by atoms with Crippen molar-refractivity contribution in [1.29, 1.82) is 0 Å². The Bertz CT molecular complexity index is 712. The van der Waals surface area contributed by atoms with Crippen LogP contribution in [0.5, 0.6) is 5.75 Å². The Morgan fingerprint density at radius 2 is 1.60 bits per heavy atom. The van der Waals surface area contributed by atoms with Gasteiger partial charge in [-0.05, 0) is 49.9 Å². The van der Waals surface area contributed by atoms with Gasteiger partial charge in [0, 0.05) is 50.7 Å². The molecular weight excluding hydrogens is 402 g/mol. The number of rotatable bonds is 7. The zero-order chi connectivity index (χ0) is 21.3. The summed E-state index contributed by atoms with van der Waals surface area (Å²) >= 11 is 5.96. The number of carbonyl (C=O) groups excluding carboxylic acids is 2. The number of benzene rings is 1. The van der Waals surface area contributed by atoms with Gasteiger partial charge in [-0.2, -0.15) is 0 Å². The molecule has 0 unspecified atom stereocenters. The summed E-state index contributed by atoms with van der Waals surface area (Å²) in [6.07, 6.45) is 5.88. The average Bonchev–Trinajstić information content (AvgIpc) is 3.02. The molecule has 7 heteroatoms. The highest BCUT2D eigenvalue weighted by atomic mass is 35.5. The zero-order valence-corrected chi connectivity index (χ0v) is 18.8. The number of ether oxygens (including phenoxy) is 1. The van der Waals surface area contributed by atoms with E-state index in [-0.39, 0.29) is 11.8 Å². The maximum absolute atomic E-state index is 12.6. The van der Waals surface area contributed by atoms with Crippen LogP contribution in [-0.2, 0) is 9.59 Å². The highest BCUT2D eigenvalue weighted by Crippen LogP contribution is 2.22. The molecule has 0 saturated carbocycles. The second-order valence-electron chi connectivity index (χ2n) is 8.31. The first kappa shape index (κ1) is 22.9. The zero-order valence-electron chi connectivity index (χ0n) is 18.1. The van der Waals surface area contributed by atoms with Gasteiger partial charge in [0.15, 0.2) is 0 Å². The number of halogens is 1. The van der Waals surface area contributed by atoms with E-state index in [2.05, 4.69) is 4.90 Å². The highest BCUT2D eigenvalue weighted by Gasteiger charge is 2.24. The van der Waals surface area contributed by atoms with Gasteiger partial charge in [0.05, 0.1) is 13.2 Å². The van der Waals surface area contributed by atoms with E-state index in [9.17, 15) is 9.59 Å². The van der Waals surface area contributed by atoms with Gasteiger partial charge in [-0.3, -0.25) is 14.5 Å². The normalized spacial score (nSPS) is 18.2. The minimum Gasteiger partial charge on any atom is -0.493 e. The first-order valence-corrected chi connectivity index (χ1v) is 11.6. The van der Waals surface area contributed by atoms with E-state index in [1.54, 1.807) is 0 Å². The lowest BCUT2D eigenvalue weighted by Crippen LogP contribution is -2.51. The fourth-order valence-electron chi connectivity index (χ4n) is 4.11. The standard InChI is InChI=1S/C23H34ClN3O3/c1-19-17-20(24)8-9-21(19)30-16-6-7-22(28)27-14-12-25(13-15-27)18-23(29)26-10-4-2-3-5-11-26/h8-9,17H,2-7,10-16,18H2,1H3. The number of hydrogen-bond donors (Lipinski definition) is 0. The Hall–Kier alpha value is -1.79. The number of likely N-dealkylation sites (tertiary alicyclic amines) is 1. The number of hydrogen-bond acceptors (Lipinski definition) is 4. The molecule has 2 aliphatic heterocycles. The molecule has 0 spiro atoms. The van der Waals surface area contributed by atoms with E-state index in [0.717, 1.165) is 50.3 Å². The highest BCUT2D eigenvalue weighted by molar-refractivity contribution is 6.30. The Kier molecular flexibility index (Phi) is 8.82. The molecular formula is C23H34ClN3O3. The summed E-state index contributed by atoms with van der Waals surface area (Å²) in [4.78, 5) is 31.2. The van der Waals surface area contributed by atoms with Gasteiger partial charge in [-0.25, -0.2) is 0 Å². The molecule has 30 heavy (non-hydrogen) atoms. The topological polar surface area (TPSA) is 53.1 Å². The summed E-state index contributed by atoms with van der Waals surface area (Å²) in [5, 5.41) is 0.697. The van der Waals surface area contributed by atoms with Crippen molar-refractivity contribution in [2.24, 2.45) is 0 Å². The van der Waals surface area contributed by atoms with Crippen molar-refractivity contribution in [3.63, 3.8) is 0 Å². The molecule has 0 N–H and O–H groups in total. The third-order valence-electron chi connectivity index (χ3n) is 5.97. The monoisotopic (exact) mass is 435 g/mol. The van der Waals surface area contributed by atoms with Crippen LogP contribution in [0.15, 0.2) is 18.2 Å². The lowest BCUT2D eigenvalue weighted by Gasteiger charge is -2.35. The summed E-state index contributed by atoms with van der Waals surface area (Å²) in [5.41, 5.74) is 1.000. The molecule has 0 radical (unpaired) electrons. The van der Waals surface area contributed by atoms with E-state index in [1.165, 1.54) is 12.8 Å². The number of piperazine rings is 1. The van der Waals surface area contributed by atoms with Crippen LogP contribution in [-0.4, -0.2) is 78.9 Å². The van der Waals surface area contributed by atoms with Crippen molar-refractivity contribution in [1.82, 2.24) is 14.7 Å². The molecule has 2 saturated heterocycles. The number of nitrogens with zero attached hydrogens (tertiary/aromatic N) is 3. The molecule has 1 aromatic carbocycles. The van der Waals surface area contributed by atoms with Crippen LogP contribution < -0.4 is 4.74 Å². The van der Waals surface area contributed by atoms with E-state index < -0.39 is 0 Å². The SMILES string of the molecule is Cc1cc(Cl)ccc1OCCCC(=O)N1CCN(CC(=O)N2CCCCCC2)CC1. The maximum atomic E-state index is 12.6. The van der Waals surface area contributed by atoms with Crippen LogP contribution in [0.1, 0.15) is 44.1 Å². The Morgan fingerprint density at radius 3 is 2.27 bits per heavy atom. The Morgan fingerprint density at radius 1 is 0.933 bits per heavy atom. The second-order valence-corrected chi connectivity index (χ2v) is 8.75. The minimum atomic E-state index is 0.171. The molecule has 0 bridgehead atoms. The smallest absolute Gasteiger partial charge is 0.236 e. The molecule has 0 atom stereocenters. The van der Waals surface area contributed by atoms with Gasteiger partial charge in [-0.1, -0.05) is 24.4 Å². The summed E-state index contributed by atoms with van der Waals surface area (Å²) < 4.78 is 5.78. The Labute approximate surface area is 185 Å². The minimum absolute atomic E-state index is 0.171. The number of amides is 2. The summed E-state index contributed by atoms with van der Waals surface area (Å²) in [6, 6.07) is 5.55. The fourth-order valence-corrected chi connectivity index (χ4v) is 4.33. The van der Waals surface area contributed by atoms with Crippen molar-refractivity contribution in [3.05, 3.63) is 28.8 Å². The van der Waals surface area contributed by atoms with Crippen LogP contribution in [0.4, 0.5) is 0 Å². The van der Waals surface area contributed by atoms with E-state index in [1.807, 2.05) is 34.9 Å². The predicted molar refractivity (Wildman–Crippen MR) is 119 cm³/mol. The molecule has 2 aliphatic rings. The molecule has 2 amide bonds. The molecule has 3 rings (SSSR count). The third-order valence-corrected chi connectivity index (χ3v) is 6.21. The largest absolute Gasteiger partial charge is 0.493 e. The summed E-state index contributed by atoms with van der Waals surface area (Å²) in [7, 11) is 0.